The first-order chi connectivity index (χ1) is 13.2. The molecule has 3 aromatic rings. The Balaban J connectivity index is 1.38. The molecule has 1 fully saturated rings. The zero-order valence-corrected chi connectivity index (χ0v) is 15.0. The first-order valence-electron chi connectivity index (χ1n) is 8.87. The highest BCUT2D eigenvalue weighted by Gasteiger charge is 2.26. The number of hydrogen-bond acceptors (Lipinski definition) is 7. The summed E-state index contributed by atoms with van der Waals surface area (Å²) in [6, 6.07) is 9.40. The Labute approximate surface area is 155 Å². The zero-order chi connectivity index (χ0) is 18.6. The van der Waals surface area contributed by atoms with Crippen molar-refractivity contribution in [2.45, 2.75) is 25.8 Å². The van der Waals surface area contributed by atoms with E-state index in [1.165, 1.54) is 0 Å². The maximum absolute atomic E-state index is 12.5. The van der Waals surface area contributed by atoms with Crippen LogP contribution in [0, 0.1) is 6.92 Å². The van der Waals surface area contributed by atoms with E-state index < -0.39 is 0 Å². The Morgan fingerprint density at radius 3 is 2.96 bits per heavy atom. The first-order valence-corrected chi connectivity index (χ1v) is 8.87. The number of aryl methyl sites for hydroxylation is 1. The van der Waals surface area contributed by atoms with Crippen molar-refractivity contribution in [1.29, 1.82) is 0 Å². The third-order valence-electron chi connectivity index (χ3n) is 4.50. The number of carbonyl (C=O) groups is 1. The first kappa shape index (κ1) is 17.2. The smallest absolute Gasteiger partial charge is 0.260 e. The van der Waals surface area contributed by atoms with E-state index in [2.05, 4.69) is 20.5 Å². The SMILES string of the molecule is Cc1nc(-c2cn(C3CCCN(C(=O)COc4ccccc4)C3)nn2)no1. The topological polar surface area (TPSA) is 99.2 Å². The van der Waals surface area contributed by atoms with Crippen LogP contribution in [0.4, 0.5) is 0 Å². The number of ether oxygens (including phenoxy) is 1. The van der Waals surface area contributed by atoms with E-state index in [0.717, 1.165) is 19.4 Å². The molecule has 0 N–H and O–H groups in total. The van der Waals surface area contributed by atoms with Crippen LogP contribution in [-0.4, -0.2) is 55.6 Å². The largest absolute Gasteiger partial charge is 0.484 e. The average molecular weight is 368 g/mol. The van der Waals surface area contributed by atoms with E-state index in [9.17, 15) is 4.79 Å². The molecule has 0 spiro atoms. The van der Waals surface area contributed by atoms with Crippen LogP contribution in [0.25, 0.3) is 11.5 Å². The Kier molecular flexibility index (Phi) is 4.82. The number of likely N-dealkylation sites (tertiary alicyclic amines) is 1. The van der Waals surface area contributed by atoms with Gasteiger partial charge in [0, 0.05) is 20.0 Å². The van der Waals surface area contributed by atoms with Crippen LogP contribution >= 0.6 is 0 Å². The van der Waals surface area contributed by atoms with E-state index in [4.69, 9.17) is 9.26 Å². The fourth-order valence-electron chi connectivity index (χ4n) is 3.11. The Morgan fingerprint density at radius 2 is 2.19 bits per heavy atom. The van der Waals surface area contributed by atoms with Gasteiger partial charge in [-0.3, -0.25) is 4.79 Å². The number of piperidine rings is 1. The normalized spacial score (nSPS) is 17.1. The van der Waals surface area contributed by atoms with Crippen molar-refractivity contribution >= 4 is 5.91 Å². The standard InChI is InChI=1S/C18H20N6O3/c1-13-19-18(21-27-13)16-11-24(22-20-16)14-6-5-9-23(10-14)17(25)12-26-15-7-3-2-4-8-15/h2-4,7-8,11,14H,5-6,9-10,12H2,1H3. The van der Waals surface area contributed by atoms with Crippen LogP contribution in [0.15, 0.2) is 41.1 Å². The quantitative estimate of drug-likeness (QED) is 0.678. The molecule has 9 heteroatoms. The average Bonchev–Trinajstić information content (AvgIpc) is 3.36. The second kappa shape index (κ2) is 7.56. The molecular weight excluding hydrogens is 348 g/mol. The van der Waals surface area contributed by atoms with Crippen molar-refractivity contribution in [3.8, 4) is 17.3 Å². The van der Waals surface area contributed by atoms with Crippen LogP contribution in [0.3, 0.4) is 0 Å². The molecule has 1 amide bonds. The third-order valence-corrected chi connectivity index (χ3v) is 4.50. The van der Waals surface area contributed by atoms with E-state index in [-0.39, 0.29) is 18.6 Å². The number of benzene rings is 1. The number of aromatic nitrogens is 5. The molecule has 1 atom stereocenters. The summed E-state index contributed by atoms with van der Waals surface area (Å²) in [7, 11) is 0. The number of rotatable bonds is 5. The molecule has 1 unspecified atom stereocenters. The predicted molar refractivity (Wildman–Crippen MR) is 94.8 cm³/mol. The third kappa shape index (κ3) is 3.97. The highest BCUT2D eigenvalue weighted by molar-refractivity contribution is 5.77. The van der Waals surface area contributed by atoms with Gasteiger partial charge in [-0.05, 0) is 25.0 Å². The lowest BCUT2D eigenvalue weighted by molar-refractivity contribution is -0.135. The molecule has 3 heterocycles. The molecule has 0 aliphatic carbocycles. The van der Waals surface area contributed by atoms with Gasteiger partial charge in [0.05, 0.1) is 12.2 Å². The van der Waals surface area contributed by atoms with Crippen LogP contribution in [0.5, 0.6) is 5.75 Å². The van der Waals surface area contributed by atoms with Gasteiger partial charge < -0.3 is 14.2 Å². The van der Waals surface area contributed by atoms with Gasteiger partial charge in [-0.15, -0.1) is 5.10 Å². The Bertz CT molecular complexity index is 907. The molecule has 0 saturated carbocycles. The monoisotopic (exact) mass is 368 g/mol. The highest BCUT2D eigenvalue weighted by atomic mass is 16.5. The molecule has 27 heavy (non-hydrogen) atoms. The number of carbonyl (C=O) groups excluding carboxylic acids is 1. The molecule has 1 aliphatic heterocycles. The number of nitrogens with zero attached hydrogens (tertiary/aromatic N) is 6. The number of para-hydroxylation sites is 1. The Morgan fingerprint density at radius 1 is 1.33 bits per heavy atom. The van der Waals surface area contributed by atoms with E-state index in [0.29, 0.717) is 29.7 Å². The maximum Gasteiger partial charge on any atom is 0.260 e. The predicted octanol–water partition coefficient (Wildman–Crippen LogP) is 1.88. The minimum Gasteiger partial charge on any atom is -0.484 e. The van der Waals surface area contributed by atoms with E-state index in [1.807, 2.05) is 35.2 Å². The molecular formula is C18H20N6O3. The van der Waals surface area contributed by atoms with Gasteiger partial charge in [-0.2, -0.15) is 4.98 Å². The van der Waals surface area contributed by atoms with Crippen LogP contribution < -0.4 is 4.74 Å². The van der Waals surface area contributed by atoms with Gasteiger partial charge in [0.25, 0.3) is 5.91 Å². The summed E-state index contributed by atoms with van der Waals surface area (Å²) in [5.41, 5.74) is 0.558. The van der Waals surface area contributed by atoms with Gasteiger partial charge in [-0.25, -0.2) is 4.68 Å². The summed E-state index contributed by atoms with van der Waals surface area (Å²) in [6.07, 6.45) is 3.62. The fourth-order valence-corrected chi connectivity index (χ4v) is 3.11. The van der Waals surface area contributed by atoms with Gasteiger partial charge >= 0.3 is 0 Å². The van der Waals surface area contributed by atoms with Crippen molar-refractivity contribution < 1.29 is 14.1 Å². The van der Waals surface area contributed by atoms with Crippen molar-refractivity contribution in [3.63, 3.8) is 0 Å². The molecule has 1 aliphatic rings. The summed E-state index contributed by atoms with van der Waals surface area (Å²) in [5, 5.41) is 12.2. The summed E-state index contributed by atoms with van der Waals surface area (Å²) in [6.45, 7) is 3.05. The van der Waals surface area contributed by atoms with E-state index >= 15 is 0 Å². The molecule has 1 aromatic carbocycles. The van der Waals surface area contributed by atoms with E-state index in [1.54, 1.807) is 17.8 Å². The summed E-state index contributed by atoms with van der Waals surface area (Å²) < 4.78 is 12.3. The lowest BCUT2D eigenvalue weighted by Gasteiger charge is -2.32. The summed E-state index contributed by atoms with van der Waals surface area (Å²) in [5.74, 6) is 1.56. The molecule has 0 bridgehead atoms. The summed E-state index contributed by atoms with van der Waals surface area (Å²) >= 11 is 0. The molecule has 9 nitrogen and oxygen atoms in total. The lowest BCUT2D eigenvalue weighted by atomic mass is 10.1. The second-order valence-corrected chi connectivity index (χ2v) is 6.46. The number of amides is 1. The fraction of sp³-hybridized carbons (Fsp3) is 0.389. The van der Waals surface area contributed by atoms with Crippen molar-refractivity contribution in [2.75, 3.05) is 19.7 Å². The minimum absolute atomic E-state index is 0.0292. The molecule has 140 valence electrons. The van der Waals surface area contributed by atoms with Crippen molar-refractivity contribution in [2.24, 2.45) is 0 Å². The zero-order valence-electron chi connectivity index (χ0n) is 15.0. The summed E-state index contributed by atoms with van der Waals surface area (Å²) in [4.78, 5) is 18.5. The van der Waals surface area contributed by atoms with Gasteiger partial charge in [0.2, 0.25) is 11.7 Å². The minimum atomic E-state index is -0.0299. The molecule has 1 saturated heterocycles. The maximum atomic E-state index is 12.5. The van der Waals surface area contributed by atoms with Gasteiger partial charge in [-0.1, -0.05) is 28.6 Å². The van der Waals surface area contributed by atoms with Crippen molar-refractivity contribution in [3.05, 3.63) is 42.4 Å². The molecule has 4 rings (SSSR count). The van der Waals surface area contributed by atoms with Crippen molar-refractivity contribution in [1.82, 2.24) is 30.0 Å². The van der Waals surface area contributed by atoms with Crippen LogP contribution in [0.1, 0.15) is 24.8 Å². The Hall–Kier alpha value is -3.23. The molecule has 2 aromatic heterocycles. The van der Waals surface area contributed by atoms with Crippen LogP contribution in [0.2, 0.25) is 0 Å². The van der Waals surface area contributed by atoms with Crippen LogP contribution in [-0.2, 0) is 4.79 Å². The second-order valence-electron chi connectivity index (χ2n) is 6.46. The highest BCUT2D eigenvalue weighted by Crippen LogP contribution is 2.23. The number of hydrogen-bond donors (Lipinski definition) is 0. The molecule has 0 radical (unpaired) electrons. The van der Waals surface area contributed by atoms with Gasteiger partial charge in [0.1, 0.15) is 5.75 Å². The van der Waals surface area contributed by atoms with Gasteiger partial charge in [0.15, 0.2) is 12.3 Å². The lowest BCUT2D eigenvalue weighted by Crippen LogP contribution is -2.43.